The van der Waals surface area contributed by atoms with Crippen LogP contribution in [0.2, 0.25) is 0 Å². The topological polar surface area (TPSA) is 143 Å². The molecule has 4 N–H and O–H groups in total. The minimum absolute atomic E-state index is 0.0682. The molecular formula is C23H32N4O6. The van der Waals surface area contributed by atoms with E-state index in [-0.39, 0.29) is 37.3 Å². The van der Waals surface area contributed by atoms with E-state index in [2.05, 4.69) is 21.3 Å². The molecule has 0 aliphatic carbocycles. The van der Waals surface area contributed by atoms with Gasteiger partial charge in [0.15, 0.2) is 0 Å². The lowest BCUT2D eigenvalue weighted by Gasteiger charge is -2.23. The minimum Gasteiger partial charge on any atom is -0.445 e. The van der Waals surface area contributed by atoms with Gasteiger partial charge in [-0.1, -0.05) is 44.2 Å². The van der Waals surface area contributed by atoms with Crippen LogP contribution in [0.5, 0.6) is 0 Å². The van der Waals surface area contributed by atoms with E-state index < -0.39 is 30.0 Å². The first-order valence-electron chi connectivity index (χ1n) is 11.1. The number of ether oxygens (including phenoxy) is 1. The van der Waals surface area contributed by atoms with E-state index in [1.165, 1.54) is 0 Å². The van der Waals surface area contributed by atoms with Gasteiger partial charge in [0.05, 0.1) is 6.04 Å². The molecule has 33 heavy (non-hydrogen) atoms. The molecule has 4 amide bonds. The third-order valence-electron chi connectivity index (χ3n) is 5.16. The molecule has 180 valence electrons. The lowest BCUT2D eigenvalue weighted by Crippen LogP contribution is -2.52. The van der Waals surface area contributed by atoms with Crippen LogP contribution in [0.15, 0.2) is 30.3 Å². The molecule has 10 heteroatoms. The maximum absolute atomic E-state index is 12.7. The van der Waals surface area contributed by atoms with Crippen molar-refractivity contribution in [3.05, 3.63) is 35.9 Å². The number of benzene rings is 1. The molecule has 2 rings (SSSR count). The highest BCUT2D eigenvalue weighted by Gasteiger charge is 2.30. The van der Waals surface area contributed by atoms with Crippen molar-refractivity contribution in [1.29, 1.82) is 0 Å². The maximum atomic E-state index is 12.7. The van der Waals surface area contributed by atoms with Crippen LogP contribution in [0.1, 0.15) is 38.7 Å². The Hall–Kier alpha value is -3.43. The van der Waals surface area contributed by atoms with Crippen molar-refractivity contribution in [2.24, 2.45) is 11.8 Å². The summed E-state index contributed by atoms with van der Waals surface area (Å²) in [7, 11) is 0. The Labute approximate surface area is 193 Å². The highest BCUT2D eigenvalue weighted by molar-refractivity contribution is 5.90. The van der Waals surface area contributed by atoms with Gasteiger partial charge in [-0.2, -0.15) is 0 Å². The van der Waals surface area contributed by atoms with Crippen LogP contribution in [-0.4, -0.2) is 55.3 Å². The molecule has 0 radical (unpaired) electrons. The van der Waals surface area contributed by atoms with E-state index in [0.29, 0.717) is 25.7 Å². The first-order chi connectivity index (χ1) is 15.8. The monoisotopic (exact) mass is 460 g/mol. The highest BCUT2D eigenvalue weighted by Crippen LogP contribution is 2.16. The number of nitrogens with one attached hydrogen (secondary N) is 4. The molecule has 1 fully saturated rings. The Morgan fingerprint density at radius 2 is 1.91 bits per heavy atom. The molecule has 0 spiro atoms. The maximum Gasteiger partial charge on any atom is 0.407 e. The van der Waals surface area contributed by atoms with Crippen molar-refractivity contribution in [1.82, 2.24) is 21.3 Å². The van der Waals surface area contributed by atoms with Crippen molar-refractivity contribution in [2.75, 3.05) is 13.1 Å². The largest absolute Gasteiger partial charge is 0.445 e. The molecule has 0 aromatic heterocycles. The highest BCUT2D eigenvalue weighted by atomic mass is 16.5. The van der Waals surface area contributed by atoms with Gasteiger partial charge >= 0.3 is 6.09 Å². The second-order valence-electron chi connectivity index (χ2n) is 8.43. The quantitative estimate of drug-likeness (QED) is 0.338. The lowest BCUT2D eigenvalue weighted by molar-refractivity contribution is -0.130. The second kappa shape index (κ2) is 13.2. The first-order valence-corrected chi connectivity index (χ1v) is 11.1. The number of hydrogen-bond donors (Lipinski definition) is 4. The summed E-state index contributed by atoms with van der Waals surface area (Å²) in [5.41, 5.74) is 0.811. The van der Waals surface area contributed by atoms with Crippen LogP contribution in [0.3, 0.4) is 0 Å². The zero-order valence-electron chi connectivity index (χ0n) is 19.0. The van der Waals surface area contributed by atoms with Gasteiger partial charge in [-0.05, 0) is 30.7 Å². The average molecular weight is 461 g/mol. The summed E-state index contributed by atoms with van der Waals surface area (Å²) in [6, 6.07) is 7.38. The van der Waals surface area contributed by atoms with Gasteiger partial charge < -0.3 is 30.8 Å². The lowest BCUT2D eigenvalue weighted by atomic mass is 9.98. The molecule has 1 aliphatic rings. The fraction of sp³-hybridized carbons (Fsp3) is 0.522. The Balaban J connectivity index is 1.82. The Morgan fingerprint density at radius 3 is 2.52 bits per heavy atom. The normalized spacial score (nSPS) is 16.9. The van der Waals surface area contributed by atoms with Crippen molar-refractivity contribution in [2.45, 2.75) is 51.8 Å². The van der Waals surface area contributed by atoms with E-state index in [1.54, 1.807) is 12.1 Å². The smallest absolute Gasteiger partial charge is 0.407 e. The number of carbonyl (C=O) groups excluding carboxylic acids is 5. The number of rotatable bonds is 12. The third kappa shape index (κ3) is 9.30. The Kier molecular flexibility index (Phi) is 10.3. The molecule has 1 aromatic rings. The zero-order valence-corrected chi connectivity index (χ0v) is 19.0. The molecule has 1 unspecified atom stereocenters. The molecule has 1 heterocycles. The molecule has 1 saturated heterocycles. The molecule has 3 atom stereocenters. The predicted molar refractivity (Wildman–Crippen MR) is 120 cm³/mol. The second-order valence-corrected chi connectivity index (χ2v) is 8.43. The van der Waals surface area contributed by atoms with Crippen LogP contribution in [-0.2, 0) is 30.5 Å². The molecule has 10 nitrogen and oxygen atoms in total. The minimum atomic E-state index is -0.889. The standard InChI is InChI=1S/C23H32N4O6/c1-15(2)10-19(22(31)26-18(13-28)11-17-8-9-24-21(17)30)27-20(29)12-25-23(32)33-14-16-6-4-3-5-7-16/h3-7,13,15,17-19H,8-12,14H2,1-2H3,(H,24,30)(H,25,32)(H,26,31)(H,27,29)/t17?,18-,19-/m0/s1. The van der Waals surface area contributed by atoms with E-state index >= 15 is 0 Å². The summed E-state index contributed by atoms with van der Waals surface area (Å²) in [5, 5.41) is 10.3. The van der Waals surface area contributed by atoms with Crippen LogP contribution in [0.4, 0.5) is 4.79 Å². The van der Waals surface area contributed by atoms with Crippen LogP contribution >= 0.6 is 0 Å². The molecule has 1 aromatic carbocycles. The number of carbonyl (C=O) groups is 5. The van der Waals surface area contributed by atoms with Crippen LogP contribution < -0.4 is 21.3 Å². The van der Waals surface area contributed by atoms with Crippen molar-refractivity contribution in [3.8, 4) is 0 Å². The summed E-state index contributed by atoms with van der Waals surface area (Å²) < 4.78 is 5.05. The van der Waals surface area contributed by atoms with E-state index in [9.17, 15) is 24.0 Å². The van der Waals surface area contributed by atoms with E-state index in [1.807, 2.05) is 32.0 Å². The molecular weight excluding hydrogens is 428 g/mol. The van der Waals surface area contributed by atoms with Gasteiger partial charge in [-0.3, -0.25) is 14.4 Å². The van der Waals surface area contributed by atoms with Gasteiger partial charge in [0.1, 0.15) is 25.5 Å². The summed E-state index contributed by atoms with van der Waals surface area (Å²) in [4.78, 5) is 60.1. The summed E-state index contributed by atoms with van der Waals surface area (Å²) in [6.07, 6.45) is 0.998. The predicted octanol–water partition coefficient (Wildman–Crippen LogP) is 0.654. The number of amides is 4. The molecule has 0 saturated carbocycles. The fourth-order valence-electron chi connectivity index (χ4n) is 3.48. The molecule has 1 aliphatic heterocycles. The summed E-state index contributed by atoms with van der Waals surface area (Å²) >= 11 is 0. The molecule has 0 bridgehead atoms. The van der Waals surface area contributed by atoms with Crippen LogP contribution in [0.25, 0.3) is 0 Å². The van der Waals surface area contributed by atoms with Gasteiger partial charge in [-0.25, -0.2) is 4.79 Å². The summed E-state index contributed by atoms with van der Waals surface area (Å²) in [6.45, 7) is 4.04. The summed E-state index contributed by atoms with van der Waals surface area (Å²) in [5.74, 6) is -1.46. The third-order valence-corrected chi connectivity index (χ3v) is 5.16. The van der Waals surface area contributed by atoms with Crippen molar-refractivity contribution in [3.63, 3.8) is 0 Å². The Bertz CT molecular complexity index is 830. The average Bonchev–Trinajstić information content (AvgIpc) is 3.19. The van der Waals surface area contributed by atoms with Gasteiger partial charge in [-0.15, -0.1) is 0 Å². The van der Waals surface area contributed by atoms with Crippen molar-refractivity contribution < 1.29 is 28.7 Å². The zero-order chi connectivity index (χ0) is 24.2. The van der Waals surface area contributed by atoms with Crippen LogP contribution in [0, 0.1) is 11.8 Å². The fourth-order valence-corrected chi connectivity index (χ4v) is 3.48. The van der Waals surface area contributed by atoms with Crippen molar-refractivity contribution >= 4 is 30.1 Å². The number of hydrogen-bond acceptors (Lipinski definition) is 6. The first kappa shape index (κ1) is 25.8. The van der Waals surface area contributed by atoms with Gasteiger partial charge in [0.2, 0.25) is 17.7 Å². The Morgan fingerprint density at radius 1 is 1.18 bits per heavy atom. The number of aldehydes is 1. The van der Waals surface area contributed by atoms with E-state index in [0.717, 1.165) is 5.56 Å². The number of alkyl carbamates (subject to hydrolysis) is 1. The van der Waals surface area contributed by atoms with Gasteiger partial charge in [0.25, 0.3) is 0 Å². The van der Waals surface area contributed by atoms with Gasteiger partial charge in [0, 0.05) is 12.5 Å². The SMILES string of the molecule is CC(C)C[C@H](NC(=O)CNC(=O)OCc1ccccc1)C(=O)N[C@H](C=O)CC1CCNC1=O. The van der Waals surface area contributed by atoms with E-state index in [4.69, 9.17) is 4.74 Å².